The van der Waals surface area contributed by atoms with Gasteiger partial charge in [-0.05, 0) is 12.1 Å². The maximum absolute atomic E-state index is 12.1. The number of hydrogen-bond donors (Lipinski definition) is 2. The van der Waals surface area contributed by atoms with Crippen molar-refractivity contribution in [1.82, 2.24) is 9.55 Å². The Morgan fingerprint density at radius 3 is 2.82 bits per heavy atom. The fourth-order valence-electron chi connectivity index (χ4n) is 1.74. The number of H-pyrrole nitrogens is 1. The highest BCUT2D eigenvalue weighted by molar-refractivity contribution is 5.83. The topological polar surface area (TPSA) is 84.3 Å². The van der Waals surface area contributed by atoms with E-state index >= 15 is 0 Å². The van der Waals surface area contributed by atoms with Crippen molar-refractivity contribution in [1.29, 1.82) is 0 Å². The average molecular weight is 236 g/mol. The number of fused-ring (bicyclic) bond motifs is 1. The molecule has 0 spiro atoms. The lowest BCUT2D eigenvalue weighted by molar-refractivity contribution is 0.272. The Labute approximate surface area is 96.1 Å². The molecule has 1 aromatic heterocycles. The maximum Gasteiger partial charge on any atom is 0.328 e. The van der Waals surface area contributed by atoms with Gasteiger partial charge < -0.3 is 14.8 Å². The number of aromatic nitrogens is 2. The van der Waals surface area contributed by atoms with E-state index in [1.54, 1.807) is 18.2 Å². The zero-order valence-corrected chi connectivity index (χ0v) is 9.27. The molecule has 1 aromatic carbocycles. The van der Waals surface area contributed by atoms with Crippen LogP contribution >= 0.6 is 0 Å². The molecule has 2 rings (SSSR count). The van der Waals surface area contributed by atoms with E-state index in [-0.39, 0.29) is 13.2 Å². The molecule has 1 heterocycles. The molecular formula is C11H12N2O4. The molecule has 6 heteroatoms. The van der Waals surface area contributed by atoms with Gasteiger partial charge in [-0.2, -0.15) is 0 Å². The molecule has 0 saturated heterocycles. The van der Waals surface area contributed by atoms with Crippen LogP contribution in [0.15, 0.2) is 27.8 Å². The molecule has 6 nitrogen and oxygen atoms in total. The Morgan fingerprint density at radius 2 is 2.18 bits per heavy atom. The van der Waals surface area contributed by atoms with Gasteiger partial charge in [-0.1, -0.05) is 6.07 Å². The van der Waals surface area contributed by atoms with E-state index in [0.29, 0.717) is 16.7 Å². The summed E-state index contributed by atoms with van der Waals surface area (Å²) in [4.78, 5) is 26.2. The number of aliphatic hydroxyl groups excluding tert-OH is 1. The van der Waals surface area contributed by atoms with Gasteiger partial charge in [-0.15, -0.1) is 0 Å². The Balaban J connectivity index is 2.89. The molecule has 0 aliphatic heterocycles. The Hall–Kier alpha value is -2.08. The normalized spacial score (nSPS) is 10.7. The third kappa shape index (κ3) is 1.83. The SMILES string of the molecule is COc1cccc2[nH]c(=O)n(CCO)c(=O)c12. The first kappa shape index (κ1) is 11.4. The smallest absolute Gasteiger partial charge is 0.328 e. The zero-order chi connectivity index (χ0) is 12.4. The molecule has 0 atom stereocenters. The highest BCUT2D eigenvalue weighted by Gasteiger charge is 2.10. The fourth-order valence-corrected chi connectivity index (χ4v) is 1.74. The van der Waals surface area contributed by atoms with E-state index < -0.39 is 11.2 Å². The Kier molecular flexibility index (Phi) is 2.97. The number of nitrogens with one attached hydrogen (secondary N) is 1. The number of rotatable bonds is 3. The van der Waals surface area contributed by atoms with Gasteiger partial charge in [0.05, 0.1) is 25.8 Å². The third-order valence-corrected chi connectivity index (χ3v) is 2.52. The largest absolute Gasteiger partial charge is 0.496 e. The summed E-state index contributed by atoms with van der Waals surface area (Å²) < 4.78 is 6.03. The molecule has 0 aliphatic carbocycles. The summed E-state index contributed by atoms with van der Waals surface area (Å²) in [5.74, 6) is 0.399. The van der Waals surface area contributed by atoms with E-state index in [4.69, 9.17) is 9.84 Å². The van der Waals surface area contributed by atoms with Gasteiger partial charge in [0.15, 0.2) is 0 Å². The van der Waals surface area contributed by atoms with E-state index in [2.05, 4.69) is 4.98 Å². The van der Waals surface area contributed by atoms with Crippen molar-refractivity contribution in [2.24, 2.45) is 0 Å². The average Bonchev–Trinajstić information content (AvgIpc) is 2.33. The highest BCUT2D eigenvalue weighted by Crippen LogP contribution is 2.18. The van der Waals surface area contributed by atoms with E-state index in [9.17, 15) is 9.59 Å². The molecule has 0 fully saturated rings. The van der Waals surface area contributed by atoms with Gasteiger partial charge in [0.25, 0.3) is 5.56 Å². The standard InChI is InChI=1S/C11H12N2O4/c1-17-8-4-2-3-7-9(8)10(15)13(5-6-14)11(16)12-7/h2-4,14H,5-6H2,1H3,(H,12,16). The van der Waals surface area contributed by atoms with Gasteiger partial charge in [0.1, 0.15) is 11.1 Å². The van der Waals surface area contributed by atoms with Crippen LogP contribution < -0.4 is 16.0 Å². The number of nitrogens with zero attached hydrogens (tertiary/aromatic N) is 1. The maximum atomic E-state index is 12.1. The summed E-state index contributed by atoms with van der Waals surface area (Å²) in [7, 11) is 1.45. The molecule has 2 aromatic rings. The first-order valence-corrected chi connectivity index (χ1v) is 5.09. The number of ether oxygens (including phenoxy) is 1. The van der Waals surface area contributed by atoms with Crippen molar-refractivity contribution < 1.29 is 9.84 Å². The molecule has 2 N–H and O–H groups in total. The lowest BCUT2D eigenvalue weighted by Gasteiger charge is -2.07. The van der Waals surface area contributed by atoms with Crippen molar-refractivity contribution in [3.63, 3.8) is 0 Å². The second-order valence-corrected chi connectivity index (χ2v) is 3.49. The minimum Gasteiger partial charge on any atom is -0.496 e. The number of benzene rings is 1. The van der Waals surface area contributed by atoms with Crippen LogP contribution in [0.25, 0.3) is 10.9 Å². The van der Waals surface area contributed by atoms with Gasteiger partial charge in [-0.25, -0.2) is 4.79 Å². The van der Waals surface area contributed by atoms with E-state index in [0.717, 1.165) is 4.57 Å². The van der Waals surface area contributed by atoms with Crippen molar-refractivity contribution in [3.05, 3.63) is 39.0 Å². The Bertz CT molecular complexity index is 657. The third-order valence-electron chi connectivity index (χ3n) is 2.52. The van der Waals surface area contributed by atoms with Crippen molar-refractivity contribution in [3.8, 4) is 5.75 Å². The minimum atomic E-state index is -0.537. The lowest BCUT2D eigenvalue weighted by atomic mass is 10.2. The first-order valence-electron chi connectivity index (χ1n) is 5.09. The second kappa shape index (κ2) is 4.42. The summed E-state index contributed by atoms with van der Waals surface area (Å²) in [6.07, 6.45) is 0. The molecule has 0 bridgehead atoms. The summed E-state index contributed by atoms with van der Waals surface area (Å²) >= 11 is 0. The van der Waals surface area contributed by atoms with Crippen LogP contribution in [0.1, 0.15) is 0 Å². The first-order chi connectivity index (χ1) is 8.19. The molecule has 0 saturated carbocycles. The highest BCUT2D eigenvalue weighted by atomic mass is 16.5. The number of hydrogen-bond acceptors (Lipinski definition) is 4. The predicted molar refractivity (Wildman–Crippen MR) is 62.5 cm³/mol. The van der Waals surface area contributed by atoms with Crippen LogP contribution in [-0.2, 0) is 6.54 Å². The van der Waals surface area contributed by atoms with Crippen LogP contribution in [0, 0.1) is 0 Å². The van der Waals surface area contributed by atoms with Gasteiger partial charge in [-0.3, -0.25) is 9.36 Å². The molecule has 90 valence electrons. The van der Waals surface area contributed by atoms with Crippen LogP contribution in [0.4, 0.5) is 0 Å². The Morgan fingerprint density at radius 1 is 1.41 bits per heavy atom. The van der Waals surface area contributed by atoms with Crippen LogP contribution in [0.5, 0.6) is 5.75 Å². The summed E-state index contributed by atoms with van der Waals surface area (Å²) in [5, 5.41) is 9.13. The minimum absolute atomic E-state index is 0.0395. The monoisotopic (exact) mass is 236 g/mol. The van der Waals surface area contributed by atoms with Crippen LogP contribution in [0.3, 0.4) is 0 Å². The lowest BCUT2D eigenvalue weighted by Crippen LogP contribution is -2.36. The van der Waals surface area contributed by atoms with Gasteiger partial charge >= 0.3 is 5.69 Å². The molecular weight excluding hydrogens is 224 g/mol. The number of aliphatic hydroxyl groups is 1. The fraction of sp³-hybridized carbons (Fsp3) is 0.273. The quantitative estimate of drug-likeness (QED) is 0.765. The molecule has 0 radical (unpaired) electrons. The zero-order valence-electron chi connectivity index (χ0n) is 9.27. The van der Waals surface area contributed by atoms with Crippen LogP contribution in [-0.4, -0.2) is 28.4 Å². The van der Waals surface area contributed by atoms with Gasteiger partial charge in [0.2, 0.25) is 0 Å². The summed E-state index contributed by atoms with van der Waals surface area (Å²) in [5.41, 5.74) is -0.575. The summed E-state index contributed by atoms with van der Waals surface area (Å²) in [6.45, 7) is -0.314. The second-order valence-electron chi connectivity index (χ2n) is 3.49. The number of methoxy groups -OCH3 is 1. The summed E-state index contributed by atoms with van der Waals surface area (Å²) in [6, 6.07) is 4.96. The number of aromatic amines is 1. The van der Waals surface area contributed by atoms with E-state index in [1.807, 2.05) is 0 Å². The van der Waals surface area contributed by atoms with Crippen LogP contribution in [0.2, 0.25) is 0 Å². The molecule has 0 unspecified atom stereocenters. The van der Waals surface area contributed by atoms with Gasteiger partial charge in [0, 0.05) is 0 Å². The predicted octanol–water partition coefficient (Wildman–Crippen LogP) is -0.309. The van der Waals surface area contributed by atoms with Crippen molar-refractivity contribution in [2.75, 3.05) is 13.7 Å². The van der Waals surface area contributed by atoms with Crippen molar-refractivity contribution >= 4 is 10.9 Å². The van der Waals surface area contributed by atoms with Crippen molar-refractivity contribution in [2.45, 2.75) is 6.54 Å². The van der Waals surface area contributed by atoms with E-state index in [1.165, 1.54) is 7.11 Å². The molecule has 0 amide bonds. The molecule has 0 aliphatic rings. The molecule has 17 heavy (non-hydrogen) atoms.